The number of benzene rings is 3. The van der Waals surface area contributed by atoms with Crippen molar-refractivity contribution in [2.24, 2.45) is 0 Å². The van der Waals surface area contributed by atoms with E-state index < -0.39 is 16.1 Å². The molecule has 162 valence electrons. The van der Waals surface area contributed by atoms with Gasteiger partial charge in [-0.1, -0.05) is 35.9 Å². The van der Waals surface area contributed by atoms with E-state index in [-0.39, 0.29) is 10.8 Å². The summed E-state index contributed by atoms with van der Waals surface area (Å²) >= 11 is 5.96. The van der Waals surface area contributed by atoms with E-state index in [1.165, 1.54) is 24.3 Å². The molecule has 0 aromatic heterocycles. The topological polar surface area (TPSA) is 84.5 Å². The molecule has 0 aliphatic heterocycles. The predicted octanol–water partition coefficient (Wildman–Crippen LogP) is 5.16. The first-order valence-corrected chi connectivity index (χ1v) is 11.4. The Labute approximate surface area is 187 Å². The maximum absolute atomic E-state index is 12.7. The lowest BCUT2D eigenvalue weighted by atomic mass is 10.2. The van der Waals surface area contributed by atoms with Gasteiger partial charge in [-0.15, -0.1) is 0 Å². The van der Waals surface area contributed by atoms with Gasteiger partial charge in [0.15, 0.2) is 6.10 Å². The van der Waals surface area contributed by atoms with E-state index >= 15 is 0 Å². The van der Waals surface area contributed by atoms with Crippen molar-refractivity contribution >= 4 is 38.9 Å². The van der Waals surface area contributed by atoms with Crippen molar-refractivity contribution in [1.29, 1.82) is 0 Å². The van der Waals surface area contributed by atoms with Gasteiger partial charge in [-0.05, 0) is 74.4 Å². The second kappa shape index (κ2) is 9.41. The number of rotatable bonds is 7. The van der Waals surface area contributed by atoms with Crippen molar-refractivity contribution < 1.29 is 17.9 Å². The summed E-state index contributed by atoms with van der Waals surface area (Å²) in [5, 5.41) is 3.16. The van der Waals surface area contributed by atoms with Gasteiger partial charge in [-0.3, -0.25) is 9.52 Å². The summed E-state index contributed by atoms with van der Waals surface area (Å²) in [7, 11) is -3.81. The van der Waals surface area contributed by atoms with Gasteiger partial charge in [-0.2, -0.15) is 0 Å². The molecule has 0 radical (unpaired) electrons. The van der Waals surface area contributed by atoms with Crippen LogP contribution in [0.25, 0.3) is 0 Å². The summed E-state index contributed by atoms with van der Waals surface area (Å²) in [5.41, 5.74) is 2.55. The highest BCUT2D eigenvalue weighted by Crippen LogP contribution is 2.24. The number of carbonyl (C=O) groups excluding carboxylic acids is 1. The molecule has 3 aromatic carbocycles. The summed E-state index contributed by atoms with van der Waals surface area (Å²) in [4.78, 5) is 12.5. The van der Waals surface area contributed by atoms with Crippen LogP contribution >= 0.6 is 11.6 Å². The highest BCUT2D eigenvalue weighted by molar-refractivity contribution is 7.92. The Kier molecular flexibility index (Phi) is 6.87. The van der Waals surface area contributed by atoms with Crippen molar-refractivity contribution in [3.8, 4) is 5.75 Å². The number of sulfonamides is 1. The molecule has 3 rings (SSSR count). The van der Waals surface area contributed by atoms with Crippen LogP contribution < -0.4 is 14.8 Å². The number of para-hydroxylation sites is 1. The summed E-state index contributed by atoms with van der Waals surface area (Å²) in [6.07, 6.45) is -0.725. The molecule has 3 aromatic rings. The molecule has 0 saturated carbocycles. The highest BCUT2D eigenvalue weighted by Gasteiger charge is 2.18. The normalized spacial score (nSPS) is 12.1. The van der Waals surface area contributed by atoms with Gasteiger partial charge in [0.1, 0.15) is 5.75 Å². The molecule has 6 nitrogen and oxygen atoms in total. The van der Waals surface area contributed by atoms with Gasteiger partial charge in [0.05, 0.1) is 10.6 Å². The quantitative estimate of drug-likeness (QED) is 0.512. The number of carbonyl (C=O) groups is 1. The lowest BCUT2D eigenvalue weighted by molar-refractivity contribution is -0.122. The van der Waals surface area contributed by atoms with E-state index in [9.17, 15) is 13.2 Å². The first kappa shape index (κ1) is 22.7. The number of nitrogens with one attached hydrogen (secondary N) is 2. The van der Waals surface area contributed by atoms with Crippen LogP contribution in [0.3, 0.4) is 0 Å². The Morgan fingerprint density at radius 3 is 2.32 bits per heavy atom. The maximum atomic E-state index is 12.7. The van der Waals surface area contributed by atoms with Gasteiger partial charge in [0.25, 0.3) is 15.9 Å². The Hall–Kier alpha value is -3.03. The van der Waals surface area contributed by atoms with E-state index in [1.807, 2.05) is 25.1 Å². The molecule has 8 heteroatoms. The minimum absolute atomic E-state index is 0.0640. The second-order valence-electron chi connectivity index (χ2n) is 7.10. The van der Waals surface area contributed by atoms with E-state index in [0.29, 0.717) is 22.1 Å². The van der Waals surface area contributed by atoms with Crippen LogP contribution in [-0.2, 0) is 14.8 Å². The molecule has 2 N–H and O–H groups in total. The van der Waals surface area contributed by atoms with Gasteiger partial charge in [0.2, 0.25) is 0 Å². The van der Waals surface area contributed by atoms with Gasteiger partial charge < -0.3 is 10.1 Å². The van der Waals surface area contributed by atoms with Crippen molar-refractivity contribution in [3.05, 3.63) is 82.9 Å². The van der Waals surface area contributed by atoms with Crippen LogP contribution in [0.5, 0.6) is 5.75 Å². The van der Waals surface area contributed by atoms with E-state index in [0.717, 1.165) is 11.1 Å². The van der Waals surface area contributed by atoms with Crippen LogP contribution in [0.2, 0.25) is 5.02 Å². The third-order valence-corrected chi connectivity index (χ3v) is 6.26. The van der Waals surface area contributed by atoms with E-state index in [2.05, 4.69) is 10.0 Å². The molecular weight excluding hydrogens is 436 g/mol. The molecule has 1 amide bonds. The molecule has 1 atom stereocenters. The fourth-order valence-corrected chi connectivity index (χ4v) is 4.10. The van der Waals surface area contributed by atoms with E-state index in [4.69, 9.17) is 16.3 Å². The van der Waals surface area contributed by atoms with Crippen molar-refractivity contribution in [2.45, 2.75) is 31.8 Å². The molecule has 0 aliphatic rings. The summed E-state index contributed by atoms with van der Waals surface area (Å²) < 4.78 is 33.6. The molecule has 0 unspecified atom stereocenters. The van der Waals surface area contributed by atoms with Gasteiger partial charge >= 0.3 is 0 Å². The molecule has 0 spiro atoms. The van der Waals surface area contributed by atoms with Crippen LogP contribution in [0.1, 0.15) is 18.1 Å². The molecule has 31 heavy (non-hydrogen) atoms. The zero-order valence-electron chi connectivity index (χ0n) is 17.3. The molecule has 0 bridgehead atoms. The molecule has 0 fully saturated rings. The Balaban J connectivity index is 1.67. The third kappa shape index (κ3) is 5.77. The molecule has 0 aliphatic carbocycles. The molecule has 0 saturated heterocycles. The largest absolute Gasteiger partial charge is 0.481 e. The lowest BCUT2D eigenvalue weighted by Crippen LogP contribution is -2.30. The van der Waals surface area contributed by atoms with Crippen molar-refractivity contribution in [2.75, 3.05) is 10.0 Å². The number of anilines is 2. The minimum atomic E-state index is -3.81. The number of amides is 1. The Bertz CT molecular complexity index is 1190. The standard InChI is InChI=1S/C23H23ClN2O4S/c1-15-8-9-18(24)14-21(15)26-31(28,29)20-12-10-19(11-13-20)25-23(27)17(3)30-22-7-5-4-6-16(22)2/h4-14,17,26H,1-3H3,(H,25,27)/t17-/m1/s1. The maximum Gasteiger partial charge on any atom is 0.265 e. The first-order chi connectivity index (χ1) is 14.7. The van der Waals surface area contributed by atoms with E-state index in [1.54, 1.807) is 38.1 Å². The Morgan fingerprint density at radius 2 is 1.65 bits per heavy atom. The third-order valence-electron chi connectivity index (χ3n) is 4.64. The average Bonchev–Trinajstić information content (AvgIpc) is 2.72. The van der Waals surface area contributed by atoms with Gasteiger partial charge in [-0.25, -0.2) is 8.42 Å². The number of aryl methyl sites for hydroxylation is 2. The number of hydrogen-bond acceptors (Lipinski definition) is 4. The zero-order valence-corrected chi connectivity index (χ0v) is 18.9. The minimum Gasteiger partial charge on any atom is -0.481 e. The summed E-state index contributed by atoms with van der Waals surface area (Å²) in [6, 6.07) is 18.3. The second-order valence-corrected chi connectivity index (χ2v) is 9.22. The lowest BCUT2D eigenvalue weighted by Gasteiger charge is -2.16. The van der Waals surface area contributed by atoms with Crippen LogP contribution in [0.4, 0.5) is 11.4 Å². The monoisotopic (exact) mass is 458 g/mol. The van der Waals surface area contributed by atoms with Crippen molar-refractivity contribution in [1.82, 2.24) is 0 Å². The summed E-state index contributed by atoms with van der Waals surface area (Å²) in [6.45, 7) is 5.34. The van der Waals surface area contributed by atoms with Crippen molar-refractivity contribution in [3.63, 3.8) is 0 Å². The van der Waals surface area contributed by atoms with Gasteiger partial charge in [0, 0.05) is 10.7 Å². The van der Waals surface area contributed by atoms with Crippen LogP contribution in [0, 0.1) is 13.8 Å². The number of ether oxygens (including phenoxy) is 1. The Morgan fingerprint density at radius 1 is 0.968 bits per heavy atom. The smallest absolute Gasteiger partial charge is 0.265 e. The first-order valence-electron chi connectivity index (χ1n) is 9.58. The number of halogens is 1. The molecule has 0 heterocycles. The zero-order chi connectivity index (χ0) is 22.6. The fourth-order valence-electron chi connectivity index (χ4n) is 2.80. The fraction of sp³-hybridized carbons (Fsp3) is 0.174. The van der Waals surface area contributed by atoms with Crippen LogP contribution in [0.15, 0.2) is 71.6 Å². The SMILES string of the molecule is Cc1ccc(Cl)cc1NS(=O)(=O)c1ccc(NC(=O)[C@@H](C)Oc2ccccc2C)cc1. The number of hydrogen-bond donors (Lipinski definition) is 2. The van der Waals surface area contributed by atoms with Crippen LogP contribution in [-0.4, -0.2) is 20.4 Å². The average molecular weight is 459 g/mol. The highest BCUT2D eigenvalue weighted by atomic mass is 35.5. The molecular formula is C23H23ClN2O4S. The summed E-state index contributed by atoms with van der Waals surface area (Å²) in [5.74, 6) is 0.292. The predicted molar refractivity (Wildman–Crippen MR) is 123 cm³/mol.